The number of nitrogens with one attached hydrogen (secondary N) is 1. The minimum Gasteiger partial charge on any atom is -0.385 e. The van der Waals surface area contributed by atoms with Crippen LogP contribution in [0.2, 0.25) is 6.04 Å². The van der Waals surface area contributed by atoms with Crippen LogP contribution in [0.3, 0.4) is 0 Å². The van der Waals surface area contributed by atoms with Gasteiger partial charge in [0.25, 0.3) is 0 Å². The first-order valence-corrected chi connectivity index (χ1v) is 8.94. The van der Waals surface area contributed by atoms with Crippen molar-refractivity contribution in [2.45, 2.75) is 31.7 Å². The predicted molar refractivity (Wildman–Crippen MR) is 79.8 cm³/mol. The van der Waals surface area contributed by atoms with Gasteiger partial charge in [-0.25, -0.2) is 0 Å². The minimum atomic E-state index is -2.44. The number of Topliss-reactive ketones (excluding diaryl/α,β-unsaturated/α-hetero) is 1. The summed E-state index contributed by atoms with van der Waals surface area (Å²) in [7, 11) is 4.06. The second-order valence-electron chi connectivity index (χ2n) is 4.53. The van der Waals surface area contributed by atoms with Gasteiger partial charge in [-0.2, -0.15) is 0 Å². The minimum absolute atomic E-state index is 0.281. The van der Waals surface area contributed by atoms with Gasteiger partial charge in [0.15, 0.2) is 0 Å². The van der Waals surface area contributed by atoms with E-state index in [0.29, 0.717) is 26.0 Å². The molecule has 0 aliphatic carbocycles. The van der Waals surface area contributed by atoms with Crippen LogP contribution in [-0.4, -0.2) is 62.7 Å². The zero-order valence-corrected chi connectivity index (χ0v) is 14.2. The van der Waals surface area contributed by atoms with Crippen molar-refractivity contribution < 1.29 is 22.8 Å². The summed E-state index contributed by atoms with van der Waals surface area (Å²) in [6.45, 7) is 2.19. The first-order valence-electron chi connectivity index (χ1n) is 7.01. The summed E-state index contributed by atoms with van der Waals surface area (Å²) in [6.07, 6.45) is 2.88. The van der Waals surface area contributed by atoms with Crippen molar-refractivity contribution >= 4 is 14.6 Å². The highest BCUT2D eigenvalue weighted by atomic mass is 28.4. The van der Waals surface area contributed by atoms with Crippen molar-refractivity contribution in [3.8, 4) is 0 Å². The Morgan fingerprint density at radius 2 is 1.60 bits per heavy atom. The third-order valence-corrected chi connectivity index (χ3v) is 5.99. The molecule has 0 aliphatic heterocycles. The van der Waals surface area contributed by atoms with Crippen LogP contribution < -0.4 is 5.32 Å². The number of methoxy groups -OCH3 is 1. The maximum absolute atomic E-state index is 11.5. The molecule has 6 nitrogen and oxygen atoms in total. The van der Waals surface area contributed by atoms with Crippen molar-refractivity contribution in [1.29, 1.82) is 0 Å². The van der Waals surface area contributed by atoms with E-state index in [1.165, 1.54) is 0 Å². The Hall–Kier alpha value is -0.313. The Morgan fingerprint density at radius 1 is 0.950 bits per heavy atom. The normalized spacial score (nSPS) is 11.8. The van der Waals surface area contributed by atoms with Gasteiger partial charge in [0.1, 0.15) is 5.78 Å². The molecular weight excluding hydrogens is 278 g/mol. The number of ketones is 1. The molecule has 0 saturated carbocycles. The molecule has 1 N–H and O–H groups in total. The van der Waals surface area contributed by atoms with Crippen LogP contribution in [0.1, 0.15) is 25.7 Å². The van der Waals surface area contributed by atoms with Gasteiger partial charge in [-0.15, -0.1) is 0 Å². The van der Waals surface area contributed by atoms with E-state index in [-0.39, 0.29) is 5.78 Å². The Kier molecular flexibility index (Phi) is 12.2. The fourth-order valence-electron chi connectivity index (χ4n) is 1.88. The van der Waals surface area contributed by atoms with Crippen molar-refractivity contribution in [1.82, 2.24) is 5.32 Å². The highest BCUT2D eigenvalue weighted by Gasteiger charge is 2.36. The number of hydrogen-bond donors (Lipinski definition) is 1. The number of hydrogen-bond acceptors (Lipinski definition) is 6. The molecule has 0 radical (unpaired) electrons. The average molecular weight is 307 g/mol. The molecule has 7 heteroatoms. The summed E-state index contributed by atoms with van der Waals surface area (Å²) in [5, 5.41) is 3.26. The molecule has 0 saturated heterocycles. The average Bonchev–Trinajstić information content (AvgIpc) is 2.47. The lowest BCUT2D eigenvalue weighted by Gasteiger charge is -2.24. The van der Waals surface area contributed by atoms with Crippen LogP contribution in [0.15, 0.2) is 0 Å². The molecule has 20 heavy (non-hydrogen) atoms. The molecule has 0 aliphatic rings. The molecule has 0 unspecified atom stereocenters. The van der Waals surface area contributed by atoms with E-state index in [9.17, 15) is 4.79 Å². The fraction of sp³-hybridized carbons (Fsp3) is 0.923. The third kappa shape index (κ3) is 8.78. The topological polar surface area (TPSA) is 66.0 Å². The smallest absolute Gasteiger partial charge is 0.385 e. The van der Waals surface area contributed by atoms with Crippen LogP contribution in [-0.2, 0) is 22.8 Å². The van der Waals surface area contributed by atoms with Gasteiger partial charge >= 0.3 is 8.80 Å². The molecular formula is C13H29NO5Si. The first-order chi connectivity index (χ1) is 9.64. The van der Waals surface area contributed by atoms with Gasteiger partial charge in [0, 0.05) is 60.5 Å². The van der Waals surface area contributed by atoms with Gasteiger partial charge in [0.05, 0.1) is 0 Å². The molecule has 120 valence electrons. The molecule has 0 aromatic carbocycles. The summed E-state index contributed by atoms with van der Waals surface area (Å²) in [5.41, 5.74) is 0. The van der Waals surface area contributed by atoms with E-state index >= 15 is 0 Å². The Balaban J connectivity index is 3.55. The molecule has 0 spiro atoms. The van der Waals surface area contributed by atoms with Crippen LogP contribution in [0, 0.1) is 0 Å². The third-order valence-electron chi connectivity index (χ3n) is 3.15. The largest absolute Gasteiger partial charge is 0.500 e. The van der Waals surface area contributed by atoms with Crippen LogP contribution in [0.25, 0.3) is 0 Å². The second-order valence-corrected chi connectivity index (χ2v) is 7.62. The molecule has 0 heterocycles. The number of carbonyl (C=O) groups excluding carboxylic acids is 1. The van der Waals surface area contributed by atoms with E-state index in [1.54, 1.807) is 28.4 Å². The molecule has 0 aromatic rings. The Labute approximate surface area is 123 Å². The summed E-state index contributed by atoms with van der Waals surface area (Å²) >= 11 is 0. The second kappa shape index (κ2) is 12.4. The molecule has 0 fully saturated rings. The number of carbonyl (C=O) groups is 1. The highest BCUT2D eigenvalue weighted by Crippen LogP contribution is 2.14. The Bertz CT molecular complexity index is 241. The lowest BCUT2D eigenvalue weighted by molar-refractivity contribution is -0.119. The van der Waals surface area contributed by atoms with E-state index < -0.39 is 8.80 Å². The molecule has 0 atom stereocenters. The zero-order chi connectivity index (χ0) is 15.3. The van der Waals surface area contributed by atoms with Gasteiger partial charge < -0.3 is 23.3 Å². The van der Waals surface area contributed by atoms with E-state index in [4.69, 9.17) is 18.0 Å². The van der Waals surface area contributed by atoms with Gasteiger partial charge in [0.2, 0.25) is 0 Å². The summed E-state index contributed by atoms with van der Waals surface area (Å²) < 4.78 is 20.9. The molecule has 0 amide bonds. The van der Waals surface area contributed by atoms with E-state index in [0.717, 1.165) is 25.4 Å². The van der Waals surface area contributed by atoms with Crippen LogP contribution in [0.4, 0.5) is 0 Å². The van der Waals surface area contributed by atoms with Crippen molar-refractivity contribution in [3.63, 3.8) is 0 Å². The molecule has 0 rings (SSSR count). The predicted octanol–water partition coefficient (Wildman–Crippen LogP) is 1.23. The zero-order valence-electron chi connectivity index (χ0n) is 13.2. The first kappa shape index (κ1) is 19.7. The fourth-order valence-corrected chi connectivity index (χ4v) is 3.60. The molecule has 0 bridgehead atoms. The van der Waals surface area contributed by atoms with E-state index in [2.05, 4.69) is 5.32 Å². The highest BCUT2D eigenvalue weighted by molar-refractivity contribution is 6.60. The van der Waals surface area contributed by atoms with Crippen molar-refractivity contribution in [2.75, 3.05) is 48.1 Å². The monoisotopic (exact) mass is 307 g/mol. The number of ether oxygens (including phenoxy) is 1. The summed E-state index contributed by atoms with van der Waals surface area (Å²) in [6, 6.07) is 0.769. The maximum atomic E-state index is 11.5. The van der Waals surface area contributed by atoms with Crippen molar-refractivity contribution in [3.05, 3.63) is 0 Å². The molecule has 0 aromatic heterocycles. The van der Waals surface area contributed by atoms with Crippen LogP contribution >= 0.6 is 0 Å². The van der Waals surface area contributed by atoms with E-state index in [1.807, 2.05) is 0 Å². The standard InChI is InChI=1S/C13H29NO5Si/c1-16-11-5-7-13(15)8-10-14-9-6-12-20(17-2,18-3)19-4/h14H,5-12H2,1-4H3. The van der Waals surface area contributed by atoms with Gasteiger partial charge in [-0.05, 0) is 19.4 Å². The summed E-state index contributed by atoms with van der Waals surface area (Å²) in [5.74, 6) is 0.281. The van der Waals surface area contributed by atoms with Gasteiger partial charge in [-0.1, -0.05) is 0 Å². The van der Waals surface area contributed by atoms with Crippen molar-refractivity contribution in [2.24, 2.45) is 0 Å². The lowest BCUT2D eigenvalue weighted by Crippen LogP contribution is -2.43. The Morgan fingerprint density at radius 3 is 2.15 bits per heavy atom. The SMILES string of the molecule is COCCCC(=O)CCNCCC[Si](OC)(OC)OC. The lowest BCUT2D eigenvalue weighted by atomic mass is 10.2. The van der Waals surface area contributed by atoms with Crippen LogP contribution in [0.5, 0.6) is 0 Å². The quantitative estimate of drug-likeness (QED) is 0.385. The summed E-state index contributed by atoms with van der Waals surface area (Å²) in [4.78, 5) is 11.5. The van der Waals surface area contributed by atoms with Gasteiger partial charge in [-0.3, -0.25) is 4.79 Å². The number of rotatable bonds is 14. The maximum Gasteiger partial charge on any atom is 0.500 e.